The van der Waals surface area contributed by atoms with Gasteiger partial charge in [0.1, 0.15) is 0 Å². The van der Waals surface area contributed by atoms with Crippen LogP contribution in [0.15, 0.2) is 43.2 Å². The number of imidazole rings is 1. The van der Waals surface area contributed by atoms with E-state index in [0.717, 1.165) is 31.6 Å². The summed E-state index contributed by atoms with van der Waals surface area (Å²) in [5.41, 5.74) is 2.07. The van der Waals surface area contributed by atoms with E-state index in [1.165, 1.54) is 5.69 Å². The Labute approximate surface area is 139 Å². The third-order valence-corrected chi connectivity index (χ3v) is 4.73. The Morgan fingerprint density at radius 2 is 2.04 bits per heavy atom. The second kappa shape index (κ2) is 6.43. The fourth-order valence-corrected chi connectivity index (χ4v) is 3.39. The molecule has 4 heterocycles. The van der Waals surface area contributed by atoms with Crippen molar-refractivity contribution in [1.29, 1.82) is 0 Å². The zero-order chi connectivity index (χ0) is 16.4. The van der Waals surface area contributed by atoms with E-state index in [1.54, 1.807) is 18.7 Å². The molecule has 0 aliphatic carbocycles. The van der Waals surface area contributed by atoms with Crippen molar-refractivity contribution in [2.75, 3.05) is 13.1 Å². The van der Waals surface area contributed by atoms with Crippen molar-refractivity contribution in [1.82, 2.24) is 29.0 Å². The van der Waals surface area contributed by atoms with Crippen LogP contribution < -0.4 is 0 Å². The lowest BCUT2D eigenvalue weighted by Gasteiger charge is -2.32. The van der Waals surface area contributed by atoms with Crippen LogP contribution in [0.3, 0.4) is 0 Å². The maximum absolute atomic E-state index is 12.4. The van der Waals surface area contributed by atoms with Gasteiger partial charge >= 0.3 is 0 Å². The van der Waals surface area contributed by atoms with Crippen molar-refractivity contribution in [3.8, 4) is 0 Å². The van der Waals surface area contributed by atoms with E-state index in [1.807, 2.05) is 38.5 Å². The van der Waals surface area contributed by atoms with Crippen LogP contribution in [0.1, 0.15) is 30.9 Å². The lowest BCUT2D eigenvalue weighted by Crippen LogP contribution is -2.38. The molecule has 0 radical (unpaired) electrons. The standard InChI is InChI=1S/C17H20N6O/c24-17(5-9-21-12-8-18-13-21)22-10-3-14(4-11-22)15-1-6-19-16-2-7-20-23(15)16/h1-2,6-8,12-14H,3-5,9-11H2. The lowest BCUT2D eigenvalue weighted by atomic mass is 9.93. The largest absolute Gasteiger partial charge is 0.343 e. The fraction of sp³-hybridized carbons (Fsp3) is 0.412. The summed E-state index contributed by atoms with van der Waals surface area (Å²) in [6.45, 7) is 2.30. The highest BCUT2D eigenvalue weighted by Crippen LogP contribution is 2.28. The highest BCUT2D eigenvalue weighted by atomic mass is 16.2. The first-order valence-electron chi connectivity index (χ1n) is 8.33. The Morgan fingerprint density at radius 1 is 1.17 bits per heavy atom. The second-order valence-corrected chi connectivity index (χ2v) is 6.18. The maximum atomic E-state index is 12.4. The number of likely N-dealkylation sites (tertiary alicyclic amines) is 1. The summed E-state index contributed by atoms with van der Waals surface area (Å²) in [6.07, 6.45) is 11.5. The molecule has 7 nitrogen and oxygen atoms in total. The van der Waals surface area contributed by atoms with Gasteiger partial charge in [-0.3, -0.25) is 4.79 Å². The first-order chi connectivity index (χ1) is 11.8. The molecule has 0 saturated carbocycles. The van der Waals surface area contributed by atoms with Crippen molar-refractivity contribution >= 4 is 11.6 Å². The van der Waals surface area contributed by atoms with Gasteiger partial charge in [-0.05, 0) is 18.9 Å². The van der Waals surface area contributed by atoms with Gasteiger partial charge in [0, 0.05) is 62.3 Å². The summed E-state index contributed by atoms with van der Waals surface area (Å²) in [6, 6.07) is 3.96. The molecule has 7 heteroatoms. The SMILES string of the molecule is O=C(CCn1ccnc1)N1CCC(c2ccnc3ccnn23)CC1. The molecule has 4 rings (SSSR count). The minimum atomic E-state index is 0.223. The van der Waals surface area contributed by atoms with Gasteiger partial charge in [0.2, 0.25) is 5.91 Å². The lowest BCUT2D eigenvalue weighted by molar-refractivity contribution is -0.132. The molecule has 24 heavy (non-hydrogen) atoms. The van der Waals surface area contributed by atoms with Crippen molar-refractivity contribution in [2.45, 2.75) is 31.7 Å². The number of carbonyl (C=O) groups excluding carboxylic acids is 1. The van der Waals surface area contributed by atoms with Gasteiger partial charge in [0.05, 0.1) is 12.5 Å². The third kappa shape index (κ3) is 2.89. The van der Waals surface area contributed by atoms with E-state index in [4.69, 9.17) is 0 Å². The molecule has 1 amide bonds. The van der Waals surface area contributed by atoms with E-state index in [-0.39, 0.29) is 5.91 Å². The van der Waals surface area contributed by atoms with E-state index in [9.17, 15) is 4.79 Å². The van der Waals surface area contributed by atoms with Crippen molar-refractivity contribution in [3.63, 3.8) is 0 Å². The number of hydrogen-bond donors (Lipinski definition) is 0. The number of piperidine rings is 1. The summed E-state index contributed by atoms with van der Waals surface area (Å²) < 4.78 is 3.86. The van der Waals surface area contributed by atoms with Gasteiger partial charge in [-0.25, -0.2) is 14.5 Å². The quantitative estimate of drug-likeness (QED) is 0.733. The third-order valence-electron chi connectivity index (χ3n) is 4.73. The molecule has 0 N–H and O–H groups in total. The molecule has 0 bridgehead atoms. The molecule has 3 aromatic rings. The van der Waals surface area contributed by atoms with Gasteiger partial charge in [0.25, 0.3) is 0 Å². The van der Waals surface area contributed by atoms with Gasteiger partial charge in [-0.1, -0.05) is 0 Å². The molecule has 0 aromatic carbocycles. The van der Waals surface area contributed by atoms with Gasteiger partial charge < -0.3 is 9.47 Å². The minimum Gasteiger partial charge on any atom is -0.343 e. The number of hydrogen-bond acceptors (Lipinski definition) is 4. The minimum absolute atomic E-state index is 0.223. The normalized spacial score (nSPS) is 15.9. The highest BCUT2D eigenvalue weighted by molar-refractivity contribution is 5.76. The maximum Gasteiger partial charge on any atom is 0.224 e. The van der Waals surface area contributed by atoms with Crippen molar-refractivity contribution in [3.05, 3.63) is 48.9 Å². The Bertz CT molecular complexity index is 817. The average Bonchev–Trinajstić information content (AvgIpc) is 3.31. The molecule has 1 fully saturated rings. The number of carbonyl (C=O) groups is 1. The van der Waals surface area contributed by atoms with Crippen LogP contribution in [0.2, 0.25) is 0 Å². The number of amides is 1. The second-order valence-electron chi connectivity index (χ2n) is 6.18. The zero-order valence-electron chi connectivity index (χ0n) is 13.5. The zero-order valence-corrected chi connectivity index (χ0v) is 13.5. The predicted octanol–water partition coefficient (Wildman–Crippen LogP) is 1.72. The molecule has 1 aliphatic heterocycles. The monoisotopic (exact) mass is 324 g/mol. The van der Waals surface area contributed by atoms with Crippen LogP contribution in [-0.2, 0) is 11.3 Å². The molecule has 0 unspecified atom stereocenters. The van der Waals surface area contributed by atoms with Crippen molar-refractivity contribution < 1.29 is 4.79 Å². The average molecular weight is 324 g/mol. The molecule has 1 aliphatic rings. The Balaban J connectivity index is 1.36. The Kier molecular flexibility index (Phi) is 3.98. The summed E-state index contributed by atoms with van der Waals surface area (Å²) in [4.78, 5) is 22.7. The Hall–Kier alpha value is -2.70. The van der Waals surface area contributed by atoms with Crippen molar-refractivity contribution in [2.24, 2.45) is 0 Å². The summed E-state index contributed by atoms with van der Waals surface area (Å²) in [7, 11) is 0. The molecule has 124 valence electrons. The topological polar surface area (TPSA) is 68.3 Å². The van der Waals surface area contributed by atoms with Crippen LogP contribution in [0.25, 0.3) is 5.65 Å². The van der Waals surface area contributed by atoms with E-state index < -0.39 is 0 Å². The van der Waals surface area contributed by atoms with Gasteiger partial charge in [-0.2, -0.15) is 5.10 Å². The number of fused-ring (bicyclic) bond motifs is 1. The number of rotatable bonds is 4. The summed E-state index contributed by atoms with van der Waals surface area (Å²) >= 11 is 0. The van der Waals surface area contributed by atoms with E-state index >= 15 is 0 Å². The summed E-state index contributed by atoms with van der Waals surface area (Å²) in [5, 5.41) is 4.37. The molecule has 0 spiro atoms. The van der Waals surface area contributed by atoms with Crippen LogP contribution in [0.5, 0.6) is 0 Å². The number of aromatic nitrogens is 5. The van der Waals surface area contributed by atoms with Gasteiger partial charge in [0.15, 0.2) is 5.65 Å². The summed E-state index contributed by atoms with van der Waals surface area (Å²) in [5.74, 6) is 0.647. The van der Waals surface area contributed by atoms with Crippen LogP contribution in [0, 0.1) is 0 Å². The fourth-order valence-electron chi connectivity index (χ4n) is 3.39. The molecule has 0 atom stereocenters. The molecular formula is C17H20N6O. The molecular weight excluding hydrogens is 304 g/mol. The predicted molar refractivity (Wildman–Crippen MR) is 88.4 cm³/mol. The molecule has 1 saturated heterocycles. The Morgan fingerprint density at radius 3 is 2.83 bits per heavy atom. The van der Waals surface area contributed by atoms with E-state index in [2.05, 4.69) is 15.1 Å². The van der Waals surface area contributed by atoms with Crippen LogP contribution in [0.4, 0.5) is 0 Å². The molecule has 3 aromatic heterocycles. The number of nitrogens with zero attached hydrogens (tertiary/aromatic N) is 6. The van der Waals surface area contributed by atoms with Crippen LogP contribution >= 0.6 is 0 Å². The highest BCUT2D eigenvalue weighted by Gasteiger charge is 2.25. The number of aryl methyl sites for hydroxylation is 1. The first-order valence-corrected chi connectivity index (χ1v) is 8.33. The smallest absolute Gasteiger partial charge is 0.224 e. The van der Waals surface area contributed by atoms with Gasteiger partial charge in [-0.15, -0.1) is 0 Å². The van der Waals surface area contributed by atoms with Crippen LogP contribution in [-0.4, -0.2) is 48.0 Å². The van der Waals surface area contributed by atoms with E-state index in [0.29, 0.717) is 18.9 Å². The first kappa shape index (κ1) is 14.9.